The van der Waals surface area contributed by atoms with Crippen molar-refractivity contribution in [3.05, 3.63) is 48.6 Å². The van der Waals surface area contributed by atoms with Crippen LogP contribution in [0.5, 0.6) is 0 Å². The van der Waals surface area contributed by atoms with E-state index in [0.717, 1.165) is 57.8 Å². The molecule has 1 amide bonds. The molecule has 0 saturated heterocycles. The number of unbranched alkanes of at least 4 members (excludes halogenated alkanes) is 24. The molecular weight excluding hydrogens is 744 g/mol. The van der Waals surface area contributed by atoms with Crippen molar-refractivity contribution in [3.63, 3.8) is 0 Å². The number of hydrogen-bond donors (Lipinski definition) is 3. The van der Waals surface area contributed by atoms with Gasteiger partial charge in [0.1, 0.15) is 13.2 Å². The Balaban J connectivity index is 4.42. The van der Waals surface area contributed by atoms with Crippen LogP contribution in [0.3, 0.4) is 0 Å². The number of rotatable bonds is 43. The van der Waals surface area contributed by atoms with Crippen molar-refractivity contribution in [1.82, 2.24) is 5.32 Å². The average molecular weight is 838 g/mol. The van der Waals surface area contributed by atoms with E-state index in [-0.39, 0.29) is 19.1 Å². The highest BCUT2D eigenvalue weighted by Gasteiger charge is 2.27. The molecule has 8 nitrogen and oxygen atoms in total. The van der Waals surface area contributed by atoms with Gasteiger partial charge in [-0.2, -0.15) is 0 Å². The van der Waals surface area contributed by atoms with Crippen molar-refractivity contribution in [1.29, 1.82) is 0 Å². The second-order valence-electron chi connectivity index (χ2n) is 17.5. The van der Waals surface area contributed by atoms with Crippen LogP contribution in [0.25, 0.3) is 0 Å². The number of phosphoric acid groups is 1. The van der Waals surface area contributed by atoms with Crippen LogP contribution in [0.1, 0.15) is 206 Å². The highest BCUT2D eigenvalue weighted by molar-refractivity contribution is 7.47. The SMILES string of the molecule is CCCCCC/C=C\CCCCCCCC(=O)NC(COP(=O)(O)OCC[N+](C)(C)C)C(O)/C=C/CC/C=C/CC/C=C/CCCCCCCCCCCCCCC. The summed E-state index contributed by atoms with van der Waals surface area (Å²) in [4.78, 5) is 23.1. The molecule has 3 unspecified atom stereocenters. The number of carbonyl (C=O) groups excluding carboxylic acids is 1. The van der Waals surface area contributed by atoms with Crippen LogP contribution in [0, 0.1) is 0 Å². The minimum Gasteiger partial charge on any atom is -0.387 e. The Hall–Kier alpha value is -1.54. The number of hydrogen-bond acceptors (Lipinski definition) is 5. The maximum absolute atomic E-state index is 12.9. The number of aliphatic hydroxyl groups excluding tert-OH is 1. The standard InChI is InChI=1S/C49H93N2O6P/c1-6-8-10-12-14-16-18-20-21-22-23-24-25-26-27-28-29-31-32-34-36-38-40-42-48(52)47(46-57-58(54,55)56-45-44-51(3,4)5)50-49(53)43-41-39-37-35-33-30-19-17-15-13-11-9-7-2/h17,19,27-28,32,34,40,42,47-48,52H,6-16,18,20-26,29-31,33,35-39,41,43-46H2,1-5H3,(H-,50,53,54,55)/p+1/b19-17-,28-27+,34-32+,42-40+. The van der Waals surface area contributed by atoms with Gasteiger partial charge in [0.2, 0.25) is 5.91 Å². The first kappa shape index (κ1) is 56.5. The molecule has 0 spiro atoms. The van der Waals surface area contributed by atoms with E-state index < -0.39 is 20.0 Å². The van der Waals surface area contributed by atoms with Crippen LogP contribution < -0.4 is 5.32 Å². The quantitative estimate of drug-likeness (QED) is 0.0244. The van der Waals surface area contributed by atoms with E-state index in [0.29, 0.717) is 17.4 Å². The van der Waals surface area contributed by atoms with E-state index in [1.165, 1.54) is 128 Å². The Bertz CT molecular complexity index is 1090. The van der Waals surface area contributed by atoms with Crippen LogP contribution in [0.4, 0.5) is 0 Å². The van der Waals surface area contributed by atoms with E-state index in [1.54, 1.807) is 6.08 Å². The average Bonchev–Trinajstić information content (AvgIpc) is 3.17. The zero-order chi connectivity index (χ0) is 42.8. The Morgan fingerprint density at radius 3 is 1.40 bits per heavy atom. The fourth-order valence-corrected chi connectivity index (χ4v) is 7.39. The second kappa shape index (κ2) is 40.8. The molecule has 0 aliphatic heterocycles. The number of quaternary nitrogens is 1. The van der Waals surface area contributed by atoms with Gasteiger partial charge in [0.05, 0.1) is 39.9 Å². The Morgan fingerprint density at radius 1 is 0.569 bits per heavy atom. The van der Waals surface area contributed by atoms with Crippen molar-refractivity contribution in [2.75, 3.05) is 40.9 Å². The lowest BCUT2D eigenvalue weighted by Crippen LogP contribution is -2.45. The summed E-state index contributed by atoms with van der Waals surface area (Å²) in [7, 11) is 1.54. The number of carbonyl (C=O) groups is 1. The van der Waals surface area contributed by atoms with E-state index in [1.807, 2.05) is 27.2 Å². The minimum atomic E-state index is -4.35. The molecular formula is C49H94N2O6P+. The molecule has 0 aromatic rings. The van der Waals surface area contributed by atoms with Gasteiger partial charge in [-0.25, -0.2) is 4.57 Å². The van der Waals surface area contributed by atoms with Gasteiger partial charge in [-0.05, 0) is 70.6 Å². The van der Waals surface area contributed by atoms with Crippen LogP contribution in [-0.2, 0) is 18.4 Å². The predicted octanol–water partition coefficient (Wildman–Crippen LogP) is 13.6. The molecule has 3 atom stereocenters. The number of nitrogens with one attached hydrogen (secondary N) is 1. The smallest absolute Gasteiger partial charge is 0.387 e. The van der Waals surface area contributed by atoms with Crippen LogP contribution >= 0.6 is 7.82 Å². The first-order chi connectivity index (χ1) is 28.0. The van der Waals surface area contributed by atoms with E-state index >= 15 is 0 Å². The molecule has 0 rings (SSSR count). The molecule has 0 aromatic carbocycles. The molecule has 3 N–H and O–H groups in total. The summed E-state index contributed by atoms with van der Waals surface area (Å²) in [6.07, 6.45) is 52.0. The summed E-state index contributed by atoms with van der Waals surface area (Å²) in [6, 6.07) is -0.873. The summed E-state index contributed by atoms with van der Waals surface area (Å²) < 4.78 is 23.5. The predicted molar refractivity (Wildman–Crippen MR) is 249 cm³/mol. The lowest BCUT2D eigenvalue weighted by atomic mass is 10.0. The lowest BCUT2D eigenvalue weighted by molar-refractivity contribution is -0.870. The van der Waals surface area contributed by atoms with Crippen molar-refractivity contribution in [2.45, 2.75) is 219 Å². The summed E-state index contributed by atoms with van der Waals surface area (Å²) in [5.41, 5.74) is 0. The summed E-state index contributed by atoms with van der Waals surface area (Å²) >= 11 is 0. The first-order valence-electron chi connectivity index (χ1n) is 24.0. The molecule has 340 valence electrons. The topological polar surface area (TPSA) is 105 Å². The number of allylic oxidation sites excluding steroid dienone is 7. The normalized spacial score (nSPS) is 14.7. The highest BCUT2D eigenvalue weighted by Crippen LogP contribution is 2.43. The van der Waals surface area contributed by atoms with E-state index in [4.69, 9.17) is 9.05 Å². The Kier molecular flexibility index (Phi) is 39.8. The molecule has 0 radical (unpaired) electrons. The van der Waals surface area contributed by atoms with Gasteiger partial charge >= 0.3 is 7.82 Å². The van der Waals surface area contributed by atoms with Crippen LogP contribution in [-0.4, -0.2) is 73.4 Å². The Morgan fingerprint density at radius 2 is 0.948 bits per heavy atom. The zero-order valence-corrected chi connectivity index (χ0v) is 39.4. The van der Waals surface area contributed by atoms with Crippen LogP contribution in [0.2, 0.25) is 0 Å². The molecule has 0 heterocycles. The van der Waals surface area contributed by atoms with Gasteiger partial charge in [0, 0.05) is 6.42 Å². The molecule has 0 saturated carbocycles. The number of likely N-dealkylation sites (N-methyl/N-ethyl adjacent to an activating group) is 1. The molecule has 0 bridgehead atoms. The third-order valence-corrected chi connectivity index (χ3v) is 11.5. The second-order valence-corrected chi connectivity index (χ2v) is 18.9. The molecule has 58 heavy (non-hydrogen) atoms. The first-order valence-corrected chi connectivity index (χ1v) is 25.5. The van der Waals surface area contributed by atoms with Crippen molar-refractivity contribution < 1.29 is 32.9 Å². The van der Waals surface area contributed by atoms with Gasteiger partial charge in [-0.1, -0.05) is 178 Å². The maximum atomic E-state index is 12.9. The van der Waals surface area contributed by atoms with Gasteiger partial charge in [0.15, 0.2) is 0 Å². The molecule has 0 aliphatic carbocycles. The van der Waals surface area contributed by atoms with Gasteiger partial charge in [-0.15, -0.1) is 0 Å². The lowest BCUT2D eigenvalue weighted by Gasteiger charge is -2.25. The van der Waals surface area contributed by atoms with Gasteiger partial charge in [-0.3, -0.25) is 13.8 Å². The third kappa shape index (κ3) is 42.6. The molecule has 9 heteroatoms. The Labute approximate surface area is 359 Å². The zero-order valence-electron chi connectivity index (χ0n) is 38.5. The van der Waals surface area contributed by atoms with Crippen LogP contribution in [0.15, 0.2) is 48.6 Å². The minimum absolute atomic E-state index is 0.0510. The van der Waals surface area contributed by atoms with Crippen molar-refractivity contribution in [3.8, 4) is 0 Å². The fourth-order valence-electron chi connectivity index (χ4n) is 6.66. The summed E-state index contributed by atoms with van der Waals surface area (Å²) in [5, 5.41) is 13.8. The van der Waals surface area contributed by atoms with E-state index in [9.17, 15) is 19.4 Å². The number of phosphoric ester groups is 1. The van der Waals surface area contributed by atoms with Crippen molar-refractivity contribution >= 4 is 13.7 Å². The third-order valence-electron chi connectivity index (χ3n) is 10.5. The molecule has 0 aromatic heterocycles. The van der Waals surface area contributed by atoms with Gasteiger partial charge in [0.25, 0.3) is 0 Å². The largest absolute Gasteiger partial charge is 0.472 e. The van der Waals surface area contributed by atoms with E-state index in [2.05, 4.69) is 55.6 Å². The number of aliphatic hydroxyl groups is 1. The summed E-state index contributed by atoms with van der Waals surface area (Å²) in [6.45, 7) is 4.76. The maximum Gasteiger partial charge on any atom is 0.472 e. The fraction of sp³-hybridized carbons (Fsp3) is 0.816. The number of nitrogens with zero attached hydrogens (tertiary/aromatic N) is 1. The number of amides is 1. The highest BCUT2D eigenvalue weighted by atomic mass is 31.2. The monoisotopic (exact) mass is 838 g/mol. The van der Waals surface area contributed by atoms with Gasteiger partial charge < -0.3 is 19.8 Å². The molecule has 0 fully saturated rings. The van der Waals surface area contributed by atoms with Crippen molar-refractivity contribution in [2.24, 2.45) is 0 Å². The summed E-state index contributed by atoms with van der Waals surface area (Å²) in [5.74, 6) is -0.202. The molecule has 0 aliphatic rings.